The van der Waals surface area contributed by atoms with Gasteiger partial charge in [0.05, 0.1) is 6.61 Å². The monoisotopic (exact) mass is 214 g/mol. The molecule has 0 saturated carbocycles. The van der Waals surface area contributed by atoms with Crippen molar-refractivity contribution in [2.75, 3.05) is 13.7 Å². The van der Waals surface area contributed by atoms with E-state index in [1.165, 1.54) is 12.3 Å². The van der Waals surface area contributed by atoms with E-state index >= 15 is 0 Å². The first-order chi connectivity index (χ1) is 6.94. The molecule has 0 unspecified atom stereocenters. The molecule has 5 heteroatoms. The zero-order valence-electron chi connectivity index (χ0n) is 9.61. The molecule has 0 aromatic rings. The summed E-state index contributed by atoms with van der Waals surface area (Å²) < 4.78 is 10.1. The minimum atomic E-state index is -1.09. The summed E-state index contributed by atoms with van der Waals surface area (Å²) in [4.78, 5) is 15.1. The Bertz CT molecular complexity index is 270. The number of aliphatic imine (C=N–C) groups is 1. The van der Waals surface area contributed by atoms with Crippen LogP contribution in [0.15, 0.2) is 17.0 Å². The lowest BCUT2D eigenvalue weighted by Gasteiger charge is -2.23. The van der Waals surface area contributed by atoms with Crippen LogP contribution in [0.1, 0.15) is 20.8 Å². The molecule has 0 bridgehead atoms. The normalized spacial score (nSPS) is 12.9. The quantitative estimate of drug-likeness (QED) is 0.418. The average Bonchev–Trinajstić information content (AvgIpc) is 2.14. The third-order valence-electron chi connectivity index (χ3n) is 1.53. The van der Waals surface area contributed by atoms with Gasteiger partial charge in [0.2, 0.25) is 5.60 Å². The molecule has 0 rings (SSSR count). The fourth-order valence-electron chi connectivity index (χ4n) is 0.823. The number of hydrogen-bond acceptors (Lipinski definition) is 5. The van der Waals surface area contributed by atoms with Crippen LogP contribution in [-0.4, -0.2) is 31.4 Å². The molecule has 2 N–H and O–H groups in total. The van der Waals surface area contributed by atoms with Gasteiger partial charge in [-0.25, -0.2) is 4.79 Å². The van der Waals surface area contributed by atoms with Crippen molar-refractivity contribution in [2.24, 2.45) is 10.7 Å². The summed E-state index contributed by atoms with van der Waals surface area (Å²) in [5.41, 5.74) is 4.43. The van der Waals surface area contributed by atoms with Crippen LogP contribution < -0.4 is 5.73 Å². The van der Waals surface area contributed by atoms with E-state index < -0.39 is 11.6 Å². The van der Waals surface area contributed by atoms with Gasteiger partial charge in [0.25, 0.3) is 0 Å². The summed E-state index contributed by atoms with van der Waals surface area (Å²) in [5, 5.41) is 0. The summed E-state index contributed by atoms with van der Waals surface area (Å²) in [5.74, 6) is -0.326. The van der Waals surface area contributed by atoms with Crippen LogP contribution in [0.5, 0.6) is 0 Å². The van der Waals surface area contributed by atoms with Crippen LogP contribution in [0.25, 0.3) is 0 Å². The second kappa shape index (κ2) is 6.06. The van der Waals surface area contributed by atoms with Crippen molar-refractivity contribution in [3.63, 3.8) is 0 Å². The Labute approximate surface area is 90.0 Å². The largest absolute Gasteiger partial charge is 0.463 e. The Balaban J connectivity index is 4.42. The smallest absolute Gasteiger partial charge is 0.349 e. The minimum Gasteiger partial charge on any atom is -0.463 e. The molecule has 0 radical (unpaired) electrons. The maximum Gasteiger partial charge on any atom is 0.349 e. The number of rotatable bonds is 5. The van der Waals surface area contributed by atoms with Crippen LogP contribution in [0.3, 0.4) is 0 Å². The van der Waals surface area contributed by atoms with E-state index in [0.717, 1.165) is 0 Å². The summed E-state index contributed by atoms with van der Waals surface area (Å²) in [7, 11) is 1.61. The molecule has 15 heavy (non-hydrogen) atoms. The molecule has 0 aromatic carbocycles. The van der Waals surface area contributed by atoms with E-state index in [2.05, 4.69) is 4.99 Å². The fourth-order valence-corrected chi connectivity index (χ4v) is 0.823. The van der Waals surface area contributed by atoms with Gasteiger partial charge in [-0.3, -0.25) is 4.99 Å². The Morgan fingerprint density at radius 2 is 2.13 bits per heavy atom. The van der Waals surface area contributed by atoms with Crippen LogP contribution in [0.4, 0.5) is 0 Å². The second-order valence-corrected chi connectivity index (χ2v) is 3.31. The van der Waals surface area contributed by atoms with E-state index in [4.69, 9.17) is 15.2 Å². The molecule has 0 aliphatic heterocycles. The van der Waals surface area contributed by atoms with Crippen LogP contribution in [0.2, 0.25) is 0 Å². The molecule has 5 nitrogen and oxygen atoms in total. The molecule has 0 amide bonds. The van der Waals surface area contributed by atoms with Gasteiger partial charge in [-0.15, -0.1) is 0 Å². The Hall–Kier alpha value is -1.52. The molecule has 0 aliphatic rings. The third-order valence-corrected chi connectivity index (χ3v) is 1.53. The van der Waals surface area contributed by atoms with Crippen molar-refractivity contribution in [3.8, 4) is 0 Å². The van der Waals surface area contributed by atoms with Gasteiger partial charge in [-0.1, -0.05) is 0 Å². The average molecular weight is 214 g/mol. The third kappa shape index (κ3) is 5.05. The molecule has 86 valence electrons. The van der Waals surface area contributed by atoms with Crippen molar-refractivity contribution in [1.82, 2.24) is 0 Å². The van der Waals surface area contributed by atoms with Crippen LogP contribution in [-0.2, 0) is 14.3 Å². The lowest BCUT2D eigenvalue weighted by Crippen LogP contribution is -2.37. The number of carbonyl (C=O) groups is 1. The highest BCUT2D eigenvalue weighted by Crippen LogP contribution is 2.14. The summed E-state index contributed by atoms with van der Waals surface area (Å²) in [6, 6.07) is 0. The summed E-state index contributed by atoms with van der Waals surface area (Å²) in [6.45, 7) is 5.23. The van der Waals surface area contributed by atoms with Crippen molar-refractivity contribution < 1.29 is 14.3 Å². The SMILES string of the molecule is CCOC(=O)C(C)(C)OC(N)=CC=NC. The van der Waals surface area contributed by atoms with Crippen molar-refractivity contribution in [1.29, 1.82) is 0 Å². The molecule has 0 atom stereocenters. The van der Waals surface area contributed by atoms with Crippen molar-refractivity contribution in [2.45, 2.75) is 26.4 Å². The highest BCUT2D eigenvalue weighted by atomic mass is 16.6. The predicted octanol–water partition coefficient (Wildman–Crippen LogP) is 0.845. The summed E-state index contributed by atoms with van der Waals surface area (Å²) in [6.07, 6.45) is 2.96. The maximum absolute atomic E-state index is 11.4. The van der Waals surface area contributed by atoms with E-state index in [9.17, 15) is 4.79 Å². The fraction of sp³-hybridized carbons (Fsp3) is 0.600. The molecule has 0 heterocycles. The zero-order chi connectivity index (χ0) is 11.9. The van der Waals surface area contributed by atoms with Gasteiger partial charge in [0.15, 0.2) is 5.88 Å². The number of ether oxygens (including phenoxy) is 2. The Morgan fingerprint density at radius 1 is 1.53 bits per heavy atom. The number of nitrogens with zero attached hydrogens (tertiary/aromatic N) is 1. The second-order valence-electron chi connectivity index (χ2n) is 3.31. The topological polar surface area (TPSA) is 73.9 Å². The molecule has 0 saturated heterocycles. The van der Waals surface area contributed by atoms with E-state index in [1.54, 1.807) is 27.8 Å². The Kier molecular flexibility index (Phi) is 5.44. The highest BCUT2D eigenvalue weighted by Gasteiger charge is 2.31. The van der Waals surface area contributed by atoms with Gasteiger partial charge >= 0.3 is 5.97 Å². The van der Waals surface area contributed by atoms with Crippen LogP contribution in [0, 0.1) is 0 Å². The lowest BCUT2D eigenvalue weighted by molar-refractivity contribution is -0.163. The van der Waals surface area contributed by atoms with E-state index in [1.807, 2.05) is 0 Å². The van der Waals surface area contributed by atoms with E-state index in [0.29, 0.717) is 6.61 Å². The van der Waals surface area contributed by atoms with Crippen molar-refractivity contribution >= 4 is 12.2 Å². The first kappa shape index (κ1) is 13.5. The van der Waals surface area contributed by atoms with Gasteiger partial charge in [-0.05, 0) is 20.8 Å². The first-order valence-corrected chi connectivity index (χ1v) is 4.68. The zero-order valence-corrected chi connectivity index (χ0v) is 9.61. The molecular weight excluding hydrogens is 196 g/mol. The summed E-state index contributed by atoms with van der Waals surface area (Å²) >= 11 is 0. The van der Waals surface area contributed by atoms with Gasteiger partial charge < -0.3 is 15.2 Å². The molecule has 0 aromatic heterocycles. The Morgan fingerprint density at radius 3 is 2.60 bits per heavy atom. The van der Waals surface area contributed by atoms with Crippen LogP contribution >= 0.6 is 0 Å². The van der Waals surface area contributed by atoms with Gasteiger partial charge in [0, 0.05) is 19.3 Å². The number of nitrogens with two attached hydrogens (primary N) is 1. The first-order valence-electron chi connectivity index (χ1n) is 4.68. The number of esters is 1. The number of carbonyl (C=O) groups excluding carboxylic acids is 1. The number of hydrogen-bond donors (Lipinski definition) is 1. The molecule has 0 spiro atoms. The lowest BCUT2D eigenvalue weighted by atomic mass is 10.1. The standard InChI is InChI=1S/C10H18N2O3/c1-5-14-9(13)10(2,3)15-8(11)6-7-12-4/h6-7H,5,11H2,1-4H3. The maximum atomic E-state index is 11.4. The minimum absolute atomic E-state index is 0.124. The van der Waals surface area contributed by atoms with Gasteiger partial charge in [-0.2, -0.15) is 0 Å². The predicted molar refractivity (Wildman–Crippen MR) is 58.5 cm³/mol. The number of allylic oxidation sites excluding steroid dienone is 1. The van der Waals surface area contributed by atoms with Gasteiger partial charge in [0.1, 0.15) is 0 Å². The van der Waals surface area contributed by atoms with E-state index in [-0.39, 0.29) is 5.88 Å². The molecular formula is C10H18N2O3. The molecule has 0 fully saturated rings. The highest BCUT2D eigenvalue weighted by molar-refractivity contribution is 5.79. The molecule has 0 aliphatic carbocycles. The van der Waals surface area contributed by atoms with Crippen molar-refractivity contribution in [3.05, 3.63) is 12.0 Å².